The lowest BCUT2D eigenvalue weighted by Gasteiger charge is -2.35. The van der Waals surface area contributed by atoms with Gasteiger partial charge in [-0.25, -0.2) is 9.59 Å². The standard InChI is InChI=1S/C21H23NO6/c1-5-25-20(23)17-13(3)22(16-10-8-12-28-16)14(4)18(21(24)26-6-2)19(17)15-9-7-11-27-15/h7-12,19H,5-6H2,1-4H3. The highest BCUT2D eigenvalue weighted by atomic mass is 16.5. The molecule has 0 fully saturated rings. The molecule has 7 heteroatoms. The van der Waals surface area contributed by atoms with Gasteiger partial charge in [0.05, 0.1) is 42.8 Å². The van der Waals surface area contributed by atoms with Gasteiger partial charge in [-0.05, 0) is 45.9 Å². The number of hydrogen-bond donors (Lipinski definition) is 0. The molecule has 0 aromatic carbocycles. The molecule has 0 saturated carbocycles. The fourth-order valence-corrected chi connectivity index (χ4v) is 3.47. The fraction of sp³-hybridized carbons (Fsp3) is 0.333. The Kier molecular flexibility index (Phi) is 5.73. The molecule has 7 nitrogen and oxygen atoms in total. The minimum atomic E-state index is -0.737. The van der Waals surface area contributed by atoms with Gasteiger partial charge in [0.25, 0.3) is 0 Å². The molecule has 0 amide bonds. The molecule has 0 N–H and O–H groups in total. The number of allylic oxidation sites excluding steroid dienone is 2. The van der Waals surface area contributed by atoms with Crippen molar-refractivity contribution in [3.8, 4) is 0 Å². The lowest BCUT2D eigenvalue weighted by molar-refractivity contribution is -0.139. The van der Waals surface area contributed by atoms with E-state index < -0.39 is 17.9 Å². The van der Waals surface area contributed by atoms with Crippen LogP contribution in [0, 0.1) is 0 Å². The normalized spacial score (nSPS) is 15.2. The van der Waals surface area contributed by atoms with Crippen molar-refractivity contribution in [2.24, 2.45) is 0 Å². The van der Waals surface area contributed by atoms with E-state index in [-0.39, 0.29) is 13.2 Å². The number of ether oxygens (including phenoxy) is 2. The van der Waals surface area contributed by atoms with Gasteiger partial charge in [0, 0.05) is 17.5 Å². The van der Waals surface area contributed by atoms with Crippen LogP contribution in [-0.4, -0.2) is 25.2 Å². The lowest BCUT2D eigenvalue weighted by Crippen LogP contribution is -2.35. The van der Waals surface area contributed by atoms with Crippen molar-refractivity contribution in [1.82, 2.24) is 0 Å². The molecule has 0 bridgehead atoms. The zero-order chi connectivity index (χ0) is 20.3. The summed E-state index contributed by atoms with van der Waals surface area (Å²) in [4.78, 5) is 27.5. The van der Waals surface area contributed by atoms with Gasteiger partial charge in [-0.15, -0.1) is 0 Å². The van der Waals surface area contributed by atoms with E-state index in [2.05, 4.69) is 0 Å². The Balaban J connectivity index is 2.26. The first kappa shape index (κ1) is 19.5. The second-order valence-corrected chi connectivity index (χ2v) is 6.17. The molecule has 3 heterocycles. The molecule has 1 aliphatic rings. The third-order valence-electron chi connectivity index (χ3n) is 4.57. The van der Waals surface area contributed by atoms with Crippen molar-refractivity contribution >= 4 is 17.8 Å². The second kappa shape index (κ2) is 8.21. The van der Waals surface area contributed by atoms with Gasteiger partial charge >= 0.3 is 11.9 Å². The van der Waals surface area contributed by atoms with Crippen LogP contribution >= 0.6 is 0 Å². The average molecular weight is 385 g/mol. The monoisotopic (exact) mass is 385 g/mol. The Bertz CT molecular complexity index is 863. The minimum Gasteiger partial charge on any atom is -0.468 e. The highest BCUT2D eigenvalue weighted by molar-refractivity contribution is 6.01. The second-order valence-electron chi connectivity index (χ2n) is 6.17. The van der Waals surface area contributed by atoms with Crippen molar-refractivity contribution in [2.45, 2.75) is 33.6 Å². The van der Waals surface area contributed by atoms with Crippen molar-refractivity contribution in [3.63, 3.8) is 0 Å². The van der Waals surface area contributed by atoms with Crippen LogP contribution in [0.1, 0.15) is 39.4 Å². The van der Waals surface area contributed by atoms with Gasteiger partial charge in [-0.3, -0.25) is 4.90 Å². The van der Waals surface area contributed by atoms with Crippen molar-refractivity contribution in [2.75, 3.05) is 18.1 Å². The summed E-state index contributed by atoms with van der Waals surface area (Å²) in [5.74, 6) is -0.834. The molecule has 0 radical (unpaired) electrons. The molecule has 0 unspecified atom stereocenters. The first-order valence-corrected chi connectivity index (χ1v) is 9.14. The summed E-state index contributed by atoms with van der Waals surface area (Å²) in [6.45, 7) is 7.45. The maximum absolute atomic E-state index is 12.9. The van der Waals surface area contributed by atoms with Crippen LogP contribution in [0.25, 0.3) is 0 Å². The molecule has 2 aromatic rings. The molecule has 1 aliphatic heterocycles. The number of anilines is 1. The van der Waals surface area contributed by atoms with Crippen LogP contribution in [0.15, 0.2) is 68.2 Å². The van der Waals surface area contributed by atoms with Crippen LogP contribution in [0.5, 0.6) is 0 Å². The summed E-state index contributed by atoms with van der Waals surface area (Å²) in [6, 6.07) is 6.94. The molecular formula is C21H23NO6. The van der Waals surface area contributed by atoms with Crippen molar-refractivity contribution < 1.29 is 27.9 Å². The summed E-state index contributed by atoms with van der Waals surface area (Å²) in [5.41, 5.74) is 1.81. The summed E-state index contributed by atoms with van der Waals surface area (Å²) in [5, 5.41) is 0. The Morgan fingerprint density at radius 2 is 1.46 bits per heavy atom. The van der Waals surface area contributed by atoms with E-state index in [9.17, 15) is 9.59 Å². The van der Waals surface area contributed by atoms with E-state index in [1.165, 1.54) is 12.5 Å². The van der Waals surface area contributed by atoms with Crippen molar-refractivity contribution in [1.29, 1.82) is 0 Å². The number of esters is 2. The molecule has 2 aromatic heterocycles. The molecule has 0 saturated heterocycles. The first-order valence-electron chi connectivity index (χ1n) is 9.14. The highest BCUT2D eigenvalue weighted by Crippen LogP contribution is 2.44. The molecular weight excluding hydrogens is 362 g/mol. The number of nitrogens with zero attached hydrogens (tertiary/aromatic N) is 1. The van der Waals surface area contributed by atoms with Gasteiger partial charge in [-0.2, -0.15) is 0 Å². The van der Waals surface area contributed by atoms with Gasteiger partial charge in [0.2, 0.25) is 5.88 Å². The Morgan fingerprint density at radius 1 is 0.929 bits per heavy atom. The summed E-state index contributed by atoms with van der Waals surface area (Å²) in [6.07, 6.45) is 3.03. The highest BCUT2D eigenvalue weighted by Gasteiger charge is 2.42. The van der Waals surface area contributed by atoms with Crippen LogP contribution in [0.4, 0.5) is 5.88 Å². The fourth-order valence-electron chi connectivity index (χ4n) is 3.47. The third-order valence-corrected chi connectivity index (χ3v) is 4.57. The minimum absolute atomic E-state index is 0.207. The number of carbonyl (C=O) groups excluding carboxylic acids is 2. The van der Waals surface area contributed by atoms with E-state index in [4.69, 9.17) is 18.3 Å². The molecule has 0 spiro atoms. The van der Waals surface area contributed by atoms with E-state index in [1.54, 1.807) is 56.9 Å². The van der Waals surface area contributed by atoms with E-state index in [1.807, 2.05) is 0 Å². The summed E-state index contributed by atoms with van der Waals surface area (Å²) < 4.78 is 21.7. The largest absolute Gasteiger partial charge is 0.468 e. The zero-order valence-corrected chi connectivity index (χ0v) is 16.4. The van der Waals surface area contributed by atoms with Crippen LogP contribution in [-0.2, 0) is 19.1 Å². The van der Waals surface area contributed by atoms with Crippen LogP contribution in [0.3, 0.4) is 0 Å². The van der Waals surface area contributed by atoms with Crippen LogP contribution in [0.2, 0.25) is 0 Å². The first-order chi connectivity index (χ1) is 13.5. The average Bonchev–Trinajstić information content (AvgIpc) is 3.35. The zero-order valence-electron chi connectivity index (χ0n) is 16.4. The number of rotatable bonds is 6. The molecule has 0 aliphatic carbocycles. The van der Waals surface area contributed by atoms with E-state index in [0.717, 1.165) is 0 Å². The maximum atomic E-state index is 12.9. The third kappa shape index (κ3) is 3.35. The van der Waals surface area contributed by atoms with E-state index in [0.29, 0.717) is 34.2 Å². The maximum Gasteiger partial charge on any atom is 0.336 e. The Labute approximate surface area is 163 Å². The Hall–Kier alpha value is -3.22. The smallest absolute Gasteiger partial charge is 0.336 e. The van der Waals surface area contributed by atoms with Crippen LogP contribution < -0.4 is 4.90 Å². The SMILES string of the molecule is CCOC(=O)C1=C(C)N(c2ccco2)C(C)=C(C(=O)OCC)C1c1ccco1. The molecule has 3 rings (SSSR count). The number of carbonyl (C=O) groups is 2. The summed E-state index contributed by atoms with van der Waals surface area (Å²) >= 11 is 0. The predicted molar refractivity (Wildman–Crippen MR) is 101 cm³/mol. The topological polar surface area (TPSA) is 82.1 Å². The lowest BCUT2D eigenvalue weighted by atomic mass is 9.82. The van der Waals surface area contributed by atoms with Gasteiger partial charge in [0.15, 0.2) is 0 Å². The molecule has 148 valence electrons. The van der Waals surface area contributed by atoms with Crippen molar-refractivity contribution in [3.05, 3.63) is 65.1 Å². The Morgan fingerprint density at radius 3 is 1.89 bits per heavy atom. The van der Waals surface area contributed by atoms with Gasteiger partial charge < -0.3 is 18.3 Å². The van der Waals surface area contributed by atoms with E-state index >= 15 is 0 Å². The van der Waals surface area contributed by atoms with Gasteiger partial charge in [0.1, 0.15) is 5.76 Å². The summed E-state index contributed by atoms with van der Waals surface area (Å²) in [7, 11) is 0. The molecule has 28 heavy (non-hydrogen) atoms. The number of hydrogen-bond acceptors (Lipinski definition) is 7. The quantitative estimate of drug-likeness (QED) is 0.691. The van der Waals surface area contributed by atoms with Gasteiger partial charge in [-0.1, -0.05) is 0 Å². The number of furan rings is 2. The predicted octanol–water partition coefficient (Wildman–Crippen LogP) is 4.15. The molecule has 0 atom stereocenters.